The van der Waals surface area contributed by atoms with E-state index < -0.39 is 0 Å². The number of fused-ring (bicyclic) bond motifs is 1. The molecule has 0 N–H and O–H groups in total. The van der Waals surface area contributed by atoms with Crippen molar-refractivity contribution in [1.29, 1.82) is 0 Å². The molecule has 1 amide bonds. The summed E-state index contributed by atoms with van der Waals surface area (Å²) >= 11 is 1.31. The second-order valence-electron chi connectivity index (χ2n) is 7.32. The van der Waals surface area contributed by atoms with Crippen LogP contribution < -0.4 is 4.90 Å². The quantitative estimate of drug-likeness (QED) is 0.595. The molecule has 4 rings (SSSR count). The molecule has 3 aromatic rings. The van der Waals surface area contributed by atoms with Crippen molar-refractivity contribution in [2.75, 3.05) is 4.90 Å². The molecule has 2 atom stereocenters. The zero-order valence-corrected chi connectivity index (χ0v) is 17.3. The van der Waals surface area contributed by atoms with Gasteiger partial charge in [-0.3, -0.25) is 4.79 Å². The van der Waals surface area contributed by atoms with E-state index in [-0.39, 0.29) is 17.2 Å². The summed E-state index contributed by atoms with van der Waals surface area (Å²) < 4.78 is 5.81. The lowest BCUT2D eigenvalue weighted by Crippen LogP contribution is -2.40. The first-order valence-corrected chi connectivity index (χ1v) is 10.3. The van der Waals surface area contributed by atoms with E-state index in [0.717, 1.165) is 17.7 Å². The predicted molar refractivity (Wildman–Crippen MR) is 112 cm³/mol. The number of anilines is 1. The Kier molecular flexibility index (Phi) is 4.98. The van der Waals surface area contributed by atoms with Gasteiger partial charge < -0.3 is 9.32 Å². The van der Waals surface area contributed by atoms with Gasteiger partial charge in [0.2, 0.25) is 11.8 Å². The fraction of sp³-hybridized carbons (Fsp3) is 0.318. The number of thioether (sulfide) groups is 1. The highest BCUT2D eigenvalue weighted by molar-refractivity contribution is 8.00. The van der Waals surface area contributed by atoms with E-state index in [4.69, 9.17) is 4.42 Å². The smallest absolute Gasteiger partial charge is 0.277 e. The Labute approximate surface area is 169 Å². The molecule has 5 nitrogen and oxygen atoms in total. The van der Waals surface area contributed by atoms with Crippen molar-refractivity contribution in [3.8, 4) is 11.5 Å². The van der Waals surface area contributed by atoms with Gasteiger partial charge in [-0.2, -0.15) is 0 Å². The van der Waals surface area contributed by atoms with Gasteiger partial charge in [0.1, 0.15) is 0 Å². The Morgan fingerprint density at radius 2 is 1.96 bits per heavy atom. The second-order valence-corrected chi connectivity index (χ2v) is 8.61. The monoisotopic (exact) mass is 393 g/mol. The summed E-state index contributed by atoms with van der Waals surface area (Å²) in [4.78, 5) is 15.0. The first kappa shape index (κ1) is 18.7. The van der Waals surface area contributed by atoms with Gasteiger partial charge in [0.25, 0.3) is 5.22 Å². The fourth-order valence-electron chi connectivity index (χ4n) is 3.55. The second kappa shape index (κ2) is 7.43. The molecular weight excluding hydrogens is 370 g/mol. The normalized spacial score (nSPS) is 16.9. The lowest BCUT2D eigenvalue weighted by atomic mass is 10.1. The van der Waals surface area contributed by atoms with Crippen LogP contribution >= 0.6 is 11.8 Å². The van der Waals surface area contributed by atoms with E-state index in [0.29, 0.717) is 11.1 Å². The van der Waals surface area contributed by atoms with E-state index in [1.54, 1.807) is 0 Å². The van der Waals surface area contributed by atoms with Crippen LogP contribution in [0, 0.1) is 13.8 Å². The number of hydrogen-bond acceptors (Lipinski definition) is 5. The largest absolute Gasteiger partial charge is 0.411 e. The van der Waals surface area contributed by atoms with Crippen molar-refractivity contribution in [1.82, 2.24) is 10.2 Å². The molecular formula is C22H23N3O2S. The van der Waals surface area contributed by atoms with Crippen molar-refractivity contribution in [2.45, 2.75) is 50.6 Å². The minimum absolute atomic E-state index is 0.0633. The number of rotatable bonds is 4. The number of carbonyl (C=O) groups is 1. The van der Waals surface area contributed by atoms with Crippen molar-refractivity contribution in [2.24, 2.45) is 0 Å². The van der Waals surface area contributed by atoms with Crippen LogP contribution in [-0.4, -0.2) is 27.4 Å². The molecule has 0 fully saturated rings. The van der Waals surface area contributed by atoms with Crippen LogP contribution in [-0.2, 0) is 11.2 Å². The molecule has 0 bridgehead atoms. The van der Waals surface area contributed by atoms with Gasteiger partial charge in [0.15, 0.2) is 0 Å². The molecule has 144 valence electrons. The topological polar surface area (TPSA) is 59.2 Å². The van der Waals surface area contributed by atoms with E-state index in [1.807, 2.05) is 48.2 Å². The molecule has 0 aliphatic carbocycles. The van der Waals surface area contributed by atoms with Crippen LogP contribution in [0.15, 0.2) is 52.1 Å². The molecule has 2 heterocycles. The zero-order chi connectivity index (χ0) is 19.8. The average Bonchev–Trinajstić information content (AvgIpc) is 3.26. The highest BCUT2D eigenvalue weighted by Gasteiger charge is 2.34. The standard InChI is InChI=1S/C22H23N3O2S/c1-13-9-10-18(11-14(13)2)20-23-24-22(27-20)28-16(4)21(26)25-15(3)12-17-7-5-6-8-19(17)25/h5-11,15-16H,12H2,1-4H3/t15-,16-/m0/s1. The van der Waals surface area contributed by atoms with Crippen molar-refractivity contribution in [3.05, 3.63) is 59.2 Å². The van der Waals surface area contributed by atoms with Crippen molar-refractivity contribution in [3.63, 3.8) is 0 Å². The Morgan fingerprint density at radius 3 is 2.75 bits per heavy atom. The Morgan fingerprint density at radius 1 is 1.18 bits per heavy atom. The van der Waals surface area contributed by atoms with Crippen LogP contribution in [0.5, 0.6) is 0 Å². The summed E-state index contributed by atoms with van der Waals surface area (Å²) in [5.74, 6) is 0.540. The van der Waals surface area contributed by atoms with Gasteiger partial charge in [-0.15, -0.1) is 10.2 Å². The highest BCUT2D eigenvalue weighted by Crippen LogP contribution is 2.35. The summed E-state index contributed by atoms with van der Waals surface area (Å²) in [6.45, 7) is 8.10. The molecule has 0 unspecified atom stereocenters. The van der Waals surface area contributed by atoms with Crippen molar-refractivity contribution < 1.29 is 9.21 Å². The van der Waals surface area contributed by atoms with Crippen LogP contribution in [0.4, 0.5) is 5.69 Å². The summed E-state index contributed by atoms with van der Waals surface area (Å²) in [6, 6.07) is 14.3. The summed E-state index contributed by atoms with van der Waals surface area (Å²) in [6.07, 6.45) is 0.886. The van der Waals surface area contributed by atoms with Crippen LogP contribution in [0.25, 0.3) is 11.5 Å². The number of aryl methyl sites for hydroxylation is 2. The third-order valence-electron chi connectivity index (χ3n) is 5.23. The number of amides is 1. The molecule has 28 heavy (non-hydrogen) atoms. The SMILES string of the molecule is Cc1ccc(-c2nnc(S[C@@H](C)C(=O)N3c4ccccc4C[C@@H]3C)o2)cc1C. The third kappa shape index (κ3) is 3.44. The summed E-state index contributed by atoms with van der Waals surface area (Å²) in [5, 5.41) is 8.38. The van der Waals surface area contributed by atoms with Crippen LogP contribution in [0.1, 0.15) is 30.5 Å². The number of nitrogens with zero attached hydrogens (tertiary/aromatic N) is 3. The van der Waals surface area contributed by atoms with Crippen molar-refractivity contribution >= 4 is 23.4 Å². The molecule has 1 aromatic heterocycles. The van der Waals surface area contributed by atoms with Gasteiger partial charge in [-0.25, -0.2) is 0 Å². The molecule has 1 aliphatic rings. The highest BCUT2D eigenvalue weighted by atomic mass is 32.2. The predicted octanol–water partition coefficient (Wildman–Crippen LogP) is 4.81. The van der Waals surface area contributed by atoms with E-state index in [9.17, 15) is 4.79 Å². The van der Waals surface area contributed by atoms with Crippen LogP contribution in [0.3, 0.4) is 0 Å². The zero-order valence-electron chi connectivity index (χ0n) is 16.5. The minimum Gasteiger partial charge on any atom is -0.411 e. The Hall–Kier alpha value is -2.60. The molecule has 1 aliphatic heterocycles. The van der Waals surface area contributed by atoms with E-state index >= 15 is 0 Å². The number of carbonyl (C=O) groups excluding carboxylic acids is 1. The lowest BCUT2D eigenvalue weighted by molar-refractivity contribution is -0.118. The number of para-hydroxylation sites is 1. The van der Waals surface area contributed by atoms with Gasteiger partial charge in [0.05, 0.1) is 5.25 Å². The van der Waals surface area contributed by atoms with Gasteiger partial charge in [0, 0.05) is 17.3 Å². The van der Waals surface area contributed by atoms with Gasteiger partial charge in [-0.1, -0.05) is 36.0 Å². The molecule has 0 spiro atoms. The van der Waals surface area contributed by atoms with E-state index in [1.165, 1.54) is 28.5 Å². The molecule has 6 heteroatoms. The molecule has 0 radical (unpaired) electrons. The number of aromatic nitrogens is 2. The molecule has 0 saturated heterocycles. The number of hydrogen-bond donors (Lipinski definition) is 0. The third-order valence-corrected chi connectivity index (χ3v) is 6.15. The van der Waals surface area contributed by atoms with E-state index in [2.05, 4.69) is 37.0 Å². The maximum Gasteiger partial charge on any atom is 0.277 e. The van der Waals surface area contributed by atoms with Crippen LogP contribution in [0.2, 0.25) is 0 Å². The first-order valence-electron chi connectivity index (χ1n) is 9.43. The Bertz CT molecular complexity index is 1030. The lowest BCUT2D eigenvalue weighted by Gasteiger charge is -2.25. The Balaban J connectivity index is 1.50. The minimum atomic E-state index is -0.318. The van der Waals surface area contributed by atoms with Gasteiger partial charge in [-0.05, 0) is 69.0 Å². The average molecular weight is 394 g/mol. The first-order chi connectivity index (χ1) is 13.4. The summed E-state index contributed by atoms with van der Waals surface area (Å²) in [5.41, 5.74) is 5.51. The number of benzene rings is 2. The summed E-state index contributed by atoms with van der Waals surface area (Å²) in [7, 11) is 0. The maximum absolute atomic E-state index is 13.1. The molecule has 2 aromatic carbocycles. The molecule has 0 saturated carbocycles. The van der Waals surface area contributed by atoms with Gasteiger partial charge >= 0.3 is 0 Å². The fourth-order valence-corrected chi connectivity index (χ4v) is 4.28. The maximum atomic E-state index is 13.1.